The van der Waals surface area contributed by atoms with E-state index in [9.17, 15) is 9.59 Å². The fourth-order valence-corrected chi connectivity index (χ4v) is 4.44. The summed E-state index contributed by atoms with van der Waals surface area (Å²) < 4.78 is 13.0. The van der Waals surface area contributed by atoms with Crippen LogP contribution in [0.3, 0.4) is 0 Å². The van der Waals surface area contributed by atoms with Crippen molar-refractivity contribution in [2.75, 3.05) is 19.1 Å². The Morgan fingerprint density at radius 1 is 1.15 bits per heavy atom. The molecular formula is C23H23N5O4S. The maximum absolute atomic E-state index is 13.5. The van der Waals surface area contributed by atoms with Crippen LogP contribution in [0.15, 0.2) is 47.8 Å². The summed E-state index contributed by atoms with van der Waals surface area (Å²) in [6.07, 6.45) is 4.76. The summed E-state index contributed by atoms with van der Waals surface area (Å²) in [5.41, 5.74) is 2.34. The summed E-state index contributed by atoms with van der Waals surface area (Å²) in [6, 6.07) is 7.26. The van der Waals surface area contributed by atoms with Crippen LogP contribution < -0.4 is 19.9 Å². The number of fused-ring (bicyclic) bond motifs is 1. The molecule has 3 aromatic heterocycles. The van der Waals surface area contributed by atoms with Gasteiger partial charge in [-0.3, -0.25) is 24.0 Å². The molecule has 0 N–H and O–H groups in total. The lowest BCUT2D eigenvalue weighted by molar-refractivity contribution is -0.119. The molecule has 0 fully saturated rings. The molecular weight excluding hydrogens is 442 g/mol. The predicted octanol–water partition coefficient (Wildman–Crippen LogP) is 3.12. The topological polar surface area (TPSA) is 99.4 Å². The van der Waals surface area contributed by atoms with Crippen molar-refractivity contribution >= 4 is 32.6 Å². The number of pyridine rings is 1. The van der Waals surface area contributed by atoms with Gasteiger partial charge in [-0.05, 0) is 37.6 Å². The zero-order valence-electron chi connectivity index (χ0n) is 18.7. The summed E-state index contributed by atoms with van der Waals surface area (Å²) in [4.78, 5) is 40.7. The Hall–Kier alpha value is -3.79. The number of aryl methyl sites for hydroxylation is 1. The Kier molecular flexibility index (Phi) is 6.36. The molecule has 0 aliphatic rings. The van der Waals surface area contributed by atoms with E-state index in [4.69, 9.17) is 14.5 Å². The minimum absolute atomic E-state index is 0.169. The Morgan fingerprint density at radius 2 is 1.91 bits per heavy atom. The molecule has 0 atom stereocenters. The van der Waals surface area contributed by atoms with Crippen molar-refractivity contribution in [3.8, 4) is 11.5 Å². The minimum Gasteiger partial charge on any atom is -0.495 e. The molecule has 1 aromatic carbocycles. The molecule has 3 heterocycles. The highest BCUT2D eigenvalue weighted by Crippen LogP contribution is 2.40. The number of carbonyl (C=O) groups is 1. The second-order valence-corrected chi connectivity index (χ2v) is 8.35. The molecule has 0 aliphatic heterocycles. The van der Waals surface area contributed by atoms with Crippen LogP contribution >= 0.6 is 11.3 Å². The fraction of sp³-hybridized carbons (Fsp3) is 0.261. The normalized spacial score (nSPS) is 10.9. The summed E-state index contributed by atoms with van der Waals surface area (Å²) in [7, 11) is 3.15. The molecule has 0 unspecified atom stereocenters. The largest absolute Gasteiger partial charge is 0.495 e. The number of thiazole rings is 1. The van der Waals surface area contributed by atoms with Gasteiger partial charge in [-0.15, -0.1) is 0 Å². The third-order valence-corrected chi connectivity index (χ3v) is 6.41. The molecule has 4 rings (SSSR count). The van der Waals surface area contributed by atoms with E-state index < -0.39 is 0 Å². The van der Waals surface area contributed by atoms with Gasteiger partial charge in [-0.25, -0.2) is 9.97 Å². The van der Waals surface area contributed by atoms with Gasteiger partial charge in [0, 0.05) is 23.7 Å². The standard InChI is InChI=1S/C23H23N5O4S/c1-14-15(2)25-13-27(22(14)30)12-19(29)28(11-16-6-5-9-24-10-16)23-26-20-17(31-3)7-8-18(32-4)21(20)33-23/h5-10,13H,11-12H2,1-4H3. The van der Waals surface area contributed by atoms with Crippen molar-refractivity contribution in [2.24, 2.45) is 0 Å². The summed E-state index contributed by atoms with van der Waals surface area (Å²) in [6.45, 7) is 3.53. The molecule has 33 heavy (non-hydrogen) atoms. The lowest BCUT2D eigenvalue weighted by Crippen LogP contribution is -2.37. The molecule has 10 heteroatoms. The number of aromatic nitrogens is 4. The maximum atomic E-state index is 13.5. The number of anilines is 1. The number of methoxy groups -OCH3 is 2. The number of nitrogens with zero attached hydrogens (tertiary/aromatic N) is 5. The first-order valence-corrected chi connectivity index (χ1v) is 11.0. The monoisotopic (exact) mass is 465 g/mol. The van der Waals surface area contributed by atoms with Crippen molar-refractivity contribution in [1.82, 2.24) is 19.5 Å². The molecule has 1 amide bonds. The van der Waals surface area contributed by atoms with E-state index in [-0.39, 0.29) is 24.6 Å². The number of carbonyl (C=O) groups excluding carboxylic acids is 1. The highest BCUT2D eigenvalue weighted by Gasteiger charge is 2.24. The molecule has 0 saturated carbocycles. The Labute approximate surface area is 194 Å². The first-order chi connectivity index (χ1) is 15.9. The van der Waals surface area contributed by atoms with E-state index in [1.165, 1.54) is 22.2 Å². The van der Waals surface area contributed by atoms with Gasteiger partial charge >= 0.3 is 0 Å². The van der Waals surface area contributed by atoms with Crippen molar-refractivity contribution in [1.29, 1.82) is 0 Å². The Bertz CT molecular complexity index is 1330. The number of hydrogen-bond acceptors (Lipinski definition) is 8. The van der Waals surface area contributed by atoms with Crippen molar-refractivity contribution in [3.05, 3.63) is 70.2 Å². The van der Waals surface area contributed by atoms with Gasteiger partial charge < -0.3 is 9.47 Å². The molecule has 0 saturated heterocycles. The van der Waals surface area contributed by atoms with Gasteiger partial charge in [0.25, 0.3) is 5.56 Å². The summed E-state index contributed by atoms with van der Waals surface area (Å²) in [5, 5.41) is 0.464. The molecule has 0 bridgehead atoms. The van der Waals surface area contributed by atoms with Gasteiger partial charge in [0.15, 0.2) is 5.13 Å². The van der Waals surface area contributed by atoms with E-state index in [1.807, 2.05) is 6.07 Å². The predicted molar refractivity (Wildman–Crippen MR) is 126 cm³/mol. The average Bonchev–Trinajstić information content (AvgIpc) is 3.28. The molecule has 4 aromatic rings. The van der Waals surface area contributed by atoms with Crippen LogP contribution in [0.5, 0.6) is 11.5 Å². The lowest BCUT2D eigenvalue weighted by atomic mass is 10.2. The number of ether oxygens (including phenoxy) is 2. The third-order valence-electron chi connectivity index (χ3n) is 5.32. The van der Waals surface area contributed by atoms with Crippen molar-refractivity contribution in [2.45, 2.75) is 26.9 Å². The van der Waals surface area contributed by atoms with Crippen LogP contribution in [0.4, 0.5) is 5.13 Å². The lowest BCUT2D eigenvalue weighted by Gasteiger charge is -2.20. The third kappa shape index (κ3) is 4.42. The van der Waals surface area contributed by atoms with E-state index >= 15 is 0 Å². The van der Waals surface area contributed by atoms with E-state index in [0.29, 0.717) is 33.4 Å². The minimum atomic E-state index is -0.303. The molecule has 170 valence electrons. The zero-order valence-corrected chi connectivity index (χ0v) is 19.5. The second-order valence-electron chi connectivity index (χ2n) is 7.37. The van der Waals surface area contributed by atoms with Gasteiger partial charge in [0.2, 0.25) is 5.91 Å². The molecule has 0 spiro atoms. The van der Waals surface area contributed by atoms with Crippen LogP contribution in [0.25, 0.3) is 10.2 Å². The Morgan fingerprint density at radius 3 is 2.61 bits per heavy atom. The molecule has 0 aliphatic carbocycles. The first kappa shape index (κ1) is 22.4. The van der Waals surface area contributed by atoms with Crippen LogP contribution in [-0.2, 0) is 17.9 Å². The molecule has 0 radical (unpaired) electrons. The van der Waals surface area contributed by atoms with Gasteiger partial charge in [0.05, 0.1) is 27.1 Å². The van der Waals surface area contributed by atoms with Crippen molar-refractivity contribution < 1.29 is 14.3 Å². The molecule has 9 nitrogen and oxygen atoms in total. The van der Waals surface area contributed by atoms with Gasteiger partial charge in [0.1, 0.15) is 28.3 Å². The maximum Gasteiger partial charge on any atom is 0.256 e. The zero-order chi connectivity index (χ0) is 23.5. The van der Waals surface area contributed by atoms with E-state index in [0.717, 1.165) is 10.3 Å². The SMILES string of the molecule is COc1ccc(OC)c2sc(N(Cc3cccnc3)C(=O)Cn3cnc(C)c(C)c3=O)nc12. The van der Waals surface area contributed by atoms with E-state index in [1.54, 1.807) is 63.6 Å². The quantitative estimate of drug-likeness (QED) is 0.413. The van der Waals surface area contributed by atoms with Crippen LogP contribution in [-0.4, -0.2) is 39.6 Å². The number of hydrogen-bond donors (Lipinski definition) is 0. The number of rotatable bonds is 7. The smallest absolute Gasteiger partial charge is 0.256 e. The highest BCUT2D eigenvalue weighted by atomic mass is 32.1. The van der Waals surface area contributed by atoms with Gasteiger partial charge in [-0.2, -0.15) is 0 Å². The number of amides is 1. The van der Waals surface area contributed by atoms with Crippen LogP contribution in [0.2, 0.25) is 0 Å². The first-order valence-electron chi connectivity index (χ1n) is 10.2. The van der Waals surface area contributed by atoms with Crippen LogP contribution in [0, 0.1) is 13.8 Å². The summed E-state index contributed by atoms with van der Waals surface area (Å²) in [5.74, 6) is 0.914. The summed E-state index contributed by atoms with van der Waals surface area (Å²) >= 11 is 1.32. The van der Waals surface area contributed by atoms with Crippen LogP contribution in [0.1, 0.15) is 16.8 Å². The Balaban J connectivity index is 1.78. The van der Waals surface area contributed by atoms with E-state index in [2.05, 4.69) is 9.97 Å². The van der Waals surface area contributed by atoms with Crippen molar-refractivity contribution in [3.63, 3.8) is 0 Å². The highest BCUT2D eigenvalue weighted by molar-refractivity contribution is 7.22. The average molecular weight is 466 g/mol. The van der Waals surface area contributed by atoms with Gasteiger partial charge in [-0.1, -0.05) is 17.4 Å². The fourth-order valence-electron chi connectivity index (χ4n) is 3.35. The second kappa shape index (κ2) is 9.37. The number of benzene rings is 1.